The fourth-order valence-electron chi connectivity index (χ4n) is 1.18. The minimum Gasteiger partial charge on any atom is -0.510 e. The molecule has 18 heavy (non-hydrogen) atoms. The van der Waals surface area contributed by atoms with Crippen LogP contribution in [0.25, 0.3) is 0 Å². The second-order valence-corrected chi connectivity index (χ2v) is 4.08. The highest BCUT2D eigenvalue weighted by Crippen LogP contribution is 2.15. The fraction of sp³-hybridized carbons (Fsp3) is 0.700. The highest BCUT2D eigenvalue weighted by molar-refractivity contribution is 5.72. The van der Waals surface area contributed by atoms with Crippen LogP contribution in [0.4, 0.5) is 0 Å². The van der Waals surface area contributed by atoms with Crippen molar-refractivity contribution in [2.45, 2.75) is 44.4 Å². The number of allylic oxidation sites excluding steroid dienone is 1. The van der Waals surface area contributed by atoms with Gasteiger partial charge in [-0.15, -0.1) is 0 Å². The average molecular weight is 266 g/mol. The number of carboxylic acids is 1. The van der Waals surface area contributed by atoms with E-state index in [1.165, 1.54) is 13.8 Å². The summed E-state index contributed by atoms with van der Waals surface area (Å²) in [7, 11) is 0. The van der Waals surface area contributed by atoms with Gasteiger partial charge in [0.05, 0.1) is 0 Å². The zero-order valence-electron chi connectivity index (χ0n) is 9.93. The average Bonchev–Trinajstić information content (AvgIpc) is 2.32. The van der Waals surface area contributed by atoms with Crippen LogP contribution in [0, 0.1) is 0 Å². The molecule has 0 fully saturated rings. The second-order valence-electron chi connectivity index (χ2n) is 4.08. The normalized spacial score (nSPS) is 19.5. The molecular weight excluding hydrogens is 248 g/mol. The summed E-state index contributed by atoms with van der Waals surface area (Å²) < 4.78 is 0. The molecule has 8 nitrogen and oxygen atoms in total. The van der Waals surface area contributed by atoms with Gasteiger partial charge in [-0.05, 0) is 19.4 Å². The van der Waals surface area contributed by atoms with Crippen LogP contribution < -0.4 is 0 Å². The lowest BCUT2D eigenvalue weighted by atomic mass is 9.97. The van der Waals surface area contributed by atoms with Gasteiger partial charge in [-0.25, -0.2) is 4.79 Å². The summed E-state index contributed by atoms with van der Waals surface area (Å²) in [4.78, 5) is 10.4. The molecule has 0 aliphatic rings. The molecule has 5 atom stereocenters. The molecule has 0 radical (unpaired) electrons. The number of rotatable bonds is 6. The Morgan fingerprint density at radius 3 is 1.50 bits per heavy atom. The molecule has 7 N–H and O–H groups in total. The lowest BCUT2D eigenvalue weighted by molar-refractivity contribution is -0.167. The highest BCUT2D eigenvalue weighted by atomic mass is 16.4. The van der Waals surface area contributed by atoms with E-state index in [-0.39, 0.29) is 5.57 Å². The van der Waals surface area contributed by atoms with Crippen LogP contribution in [0.15, 0.2) is 11.3 Å². The minimum absolute atomic E-state index is 0.266. The first-order chi connectivity index (χ1) is 8.11. The van der Waals surface area contributed by atoms with Gasteiger partial charge in [-0.1, -0.05) is 0 Å². The standard InChI is InChI=1S/C10H18O8/c1-3(2)4(11)5(12)6(13)7(14)8(15)9(16)10(17)18/h5-9,11-16H,1-2H3,(H,17,18)/t5-,6-,7+,8+,9-/m0/s1. The zero-order chi connectivity index (χ0) is 14.6. The van der Waals surface area contributed by atoms with Gasteiger partial charge in [0.1, 0.15) is 30.2 Å². The summed E-state index contributed by atoms with van der Waals surface area (Å²) in [6.45, 7) is 2.86. The number of hydrogen-bond acceptors (Lipinski definition) is 7. The SMILES string of the molecule is CC(C)=C(O)[C@H](O)[C@H](O)[C@@H](O)[C@@H](O)[C@H](O)C(=O)O. The monoisotopic (exact) mass is 266 g/mol. The molecule has 0 aromatic carbocycles. The molecule has 0 aliphatic carbocycles. The topological polar surface area (TPSA) is 159 Å². The summed E-state index contributed by atoms with van der Waals surface area (Å²) in [5.41, 5.74) is 0.266. The third-order valence-electron chi connectivity index (χ3n) is 2.39. The van der Waals surface area contributed by atoms with E-state index in [1.54, 1.807) is 0 Å². The summed E-state index contributed by atoms with van der Waals surface area (Å²) >= 11 is 0. The smallest absolute Gasteiger partial charge is 0.335 e. The quantitative estimate of drug-likeness (QED) is 0.265. The van der Waals surface area contributed by atoms with Gasteiger partial charge in [0.15, 0.2) is 6.10 Å². The largest absolute Gasteiger partial charge is 0.510 e. The molecule has 8 heteroatoms. The van der Waals surface area contributed by atoms with E-state index < -0.39 is 42.2 Å². The van der Waals surface area contributed by atoms with Gasteiger partial charge in [0.2, 0.25) is 0 Å². The van der Waals surface area contributed by atoms with Crippen molar-refractivity contribution in [3.05, 3.63) is 11.3 Å². The molecular formula is C10H18O8. The Kier molecular flexibility index (Phi) is 6.22. The van der Waals surface area contributed by atoms with Crippen molar-refractivity contribution < 1.29 is 40.5 Å². The first-order valence-corrected chi connectivity index (χ1v) is 5.10. The van der Waals surface area contributed by atoms with Gasteiger partial charge >= 0.3 is 5.97 Å². The van der Waals surface area contributed by atoms with Crippen molar-refractivity contribution in [3.8, 4) is 0 Å². The predicted molar refractivity (Wildman–Crippen MR) is 58.7 cm³/mol. The Bertz CT molecular complexity index is 322. The Hall–Kier alpha value is -1.19. The Labute approximate surface area is 103 Å². The third-order valence-corrected chi connectivity index (χ3v) is 2.39. The first kappa shape index (κ1) is 16.8. The van der Waals surface area contributed by atoms with Crippen molar-refractivity contribution in [1.29, 1.82) is 0 Å². The van der Waals surface area contributed by atoms with Gasteiger partial charge in [-0.3, -0.25) is 0 Å². The van der Waals surface area contributed by atoms with E-state index in [0.717, 1.165) is 0 Å². The molecule has 0 aliphatic heterocycles. The lowest BCUT2D eigenvalue weighted by Gasteiger charge is -2.27. The van der Waals surface area contributed by atoms with Gasteiger partial charge < -0.3 is 35.7 Å². The molecule has 0 saturated carbocycles. The summed E-state index contributed by atoms with van der Waals surface area (Å²) in [5.74, 6) is -2.41. The molecule has 0 saturated heterocycles. The van der Waals surface area contributed by atoms with Crippen LogP contribution in [0.1, 0.15) is 13.8 Å². The molecule has 0 aromatic heterocycles. The number of aliphatic hydroxyl groups is 6. The van der Waals surface area contributed by atoms with E-state index in [4.69, 9.17) is 10.2 Å². The molecule has 0 bridgehead atoms. The Morgan fingerprint density at radius 1 is 0.778 bits per heavy atom. The number of aliphatic hydroxyl groups excluding tert-OH is 6. The lowest BCUT2D eigenvalue weighted by Crippen LogP contribution is -2.51. The molecule has 0 rings (SSSR count). The second kappa shape index (κ2) is 6.66. The maximum absolute atomic E-state index is 10.4. The van der Waals surface area contributed by atoms with Crippen LogP contribution in [-0.4, -0.2) is 72.2 Å². The summed E-state index contributed by atoms with van der Waals surface area (Å²) in [5, 5.41) is 64.2. The molecule has 0 unspecified atom stereocenters. The van der Waals surface area contributed by atoms with Crippen LogP contribution in [0.5, 0.6) is 0 Å². The molecule has 0 amide bonds. The van der Waals surface area contributed by atoms with Crippen molar-refractivity contribution in [3.63, 3.8) is 0 Å². The van der Waals surface area contributed by atoms with Crippen molar-refractivity contribution in [2.24, 2.45) is 0 Å². The maximum Gasteiger partial charge on any atom is 0.335 e. The molecule has 0 spiro atoms. The van der Waals surface area contributed by atoms with E-state index in [9.17, 15) is 30.3 Å². The minimum atomic E-state index is -2.32. The van der Waals surface area contributed by atoms with Gasteiger partial charge in [-0.2, -0.15) is 0 Å². The Balaban J connectivity index is 4.84. The van der Waals surface area contributed by atoms with Crippen LogP contribution in [-0.2, 0) is 4.79 Å². The molecule has 0 heterocycles. The predicted octanol–water partition coefficient (Wildman–Crippen LogP) is -2.27. The van der Waals surface area contributed by atoms with Crippen molar-refractivity contribution in [2.75, 3.05) is 0 Å². The van der Waals surface area contributed by atoms with E-state index in [1.807, 2.05) is 0 Å². The van der Waals surface area contributed by atoms with Crippen molar-refractivity contribution in [1.82, 2.24) is 0 Å². The van der Waals surface area contributed by atoms with Crippen LogP contribution >= 0.6 is 0 Å². The van der Waals surface area contributed by atoms with Crippen LogP contribution in [0.3, 0.4) is 0 Å². The number of aliphatic carboxylic acids is 1. The van der Waals surface area contributed by atoms with Crippen LogP contribution in [0.2, 0.25) is 0 Å². The Morgan fingerprint density at radius 2 is 1.17 bits per heavy atom. The maximum atomic E-state index is 10.4. The fourth-order valence-corrected chi connectivity index (χ4v) is 1.18. The molecule has 106 valence electrons. The highest BCUT2D eigenvalue weighted by Gasteiger charge is 2.38. The van der Waals surface area contributed by atoms with E-state index in [2.05, 4.69) is 0 Å². The van der Waals surface area contributed by atoms with Gasteiger partial charge in [0.25, 0.3) is 0 Å². The first-order valence-electron chi connectivity index (χ1n) is 5.10. The zero-order valence-corrected chi connectivity index (χ0v) is 9.93. The summed E-state index contributed by atoms with van der Waals surface area (Å²) in [6.07, 6.45) is -10.6. The third kappa shape index (κ3) is 3.93. The number of carbonyl (C=O) groups is 1. The van der Waals surface area contributed by atoms with Gasteiger partial charge in [0, 0.05) is 0 Å². The van der Waals surface area contributed by atoms with Crippen molar-refractivity contribution >= 4 is 5.97 Å². The molecule has 0 aromatic rings. The van der Waals surface area contributed by atoms with E-state index in [0.29, 0.717) is 0 Å². The number of hydrogen-bond donors (Lipinski definition) is 7. The van der Waals surface area contributed by atoms with E-state index >= 15 is 0 Å². The number of carboxylic acid groups (broad SMARTS) is 1. The summed E-state index contributed by atoms with van der Waals surface area (Å²) in [6, 6.07) is 0.